The maximum absolute atomic E-state index is 10.6. The molecule has 86 valence electrons. The molecule has 0 unspecified atom stereocenters. The van der Waals surface area contributed by atoms with E-state index in [1.165, 1.54) is 5.56 Å². The summed E-state index contributed by atoms with van der Waals surface area (Å²) in [6, 6.07) is 7.81. The smallest absolute Gasteiger partial charge is 0.257 e. The fourth-order valence-corrected chi connectivity index (χ4v) is 1.68. The monoisotopic (exact) mass is 283 g/mol. The van der Waals surface area contributed by atoms with Crippen molar-refractivity contribution in [1.82, 2.24) is 0 Å². The zero-order valence-corrected chi connectivity index (χ0v) is 10.9. The van der Waals surface area contributed by atoms with Crippen molar-refractivity contribution in [3.63, 3.8) is 0 Å². The quantitative estimate of drug-likeness (QED) is 0.479. The normalized spacial score (nSPS) is 11.9. The summed E-state index contributed by atoms with van der Waals surface area (Å²) in [5, 5.41) is 10.9. The van der Waals surface area contributed by atoms with Gasteiger partial charge in [-0.3, -0.25) is 10.1 Å². The molecule has 3 nitrogen and oxygen atoms in total. The molecule has 1 aromatic carbocycles. The van der Waals surface area contributed by atoms with Crippen LogP contribution in [0.2, 0.25) is 0 Å². The van der Waals surface area contributed by atoms with E-state index in [2.05, 4.69) is 29.8 Å². The van der Waals surface area contributed by atoms with Gasteiger partial charge in [0.15, 0.2) is 0 Å². The summed E-state index contributed by atoms with van der Waals surface area (Å²) in [4.78, 5) is 10.2. The number of alkyl halides is 1. The first-order valence-corrected chi connectivity index (χ1v) is 6.17. The fraction of sp³-hybridized carbons (Fsp3) is 0.333. The van der Waals surface area contributed by atoms with Crippen molar-refractivity contribution in [2.24, 2.45) is 0 Å². The number of nitrogens with zero attached hydrogens (tertiary/aromatic N) is 1. The lowest BCUT2D eigenvalue weighted by molar-refractivity contribution is -0.421. The topological polar surface area (TPSA) is 43.1 Å². The minimum absolute atomic E-state index is 0.164. The Bertz CT molecular complexity index is 396. The highest BCUT2D eigenvalue weighted by Crippen LogP contribution is 2.16. The third kappa shape index (κ3) is 3.45. The number of nitro groups is 1. The van der Waals surface area contributed by atoms with Crippen LogP contribution in [0.1, 0.15) is 30.9 Å². The molecule has 0 bridgehead atoms. The van der Waals surface area contributed by atoms with Crippen LogP contribution in [-0.4, -0.2) is 10.3 Å². The summed E-state index contributed by atoms with van der Waals surface area (Å²) in [6.07, 6.45) is 1.58. The van der Waals surface area contributed by atoms with Crippen LogP contribution in [0, 0.1) is 10.1 Å². The molecule has 0 aliphatic heterocycles. The summed E-state index contributed by atoms with van der Waals surface area (Å²) in [6.45, 7) is 4.23. The van der Waals surface area contributed by atoms with E-state index >= 15 is 0 Å². The molecule has 0 heterocycles. The van der Waals surface area contributed by atoms with Gasteiger partial charge in [0.25, 0.3) is 5.70 Å². The van der Waals surface area contributed by atoms with Gasteiger partial charge in [0.2, 0.25) is 0 Å². The standard InChI is InChI=1S/C12H14BrNO2/c1-9(2)11-5-3-10(4-6-11)7-12(8-13)14(15)16/h3-7,9H,8H2,1-2H3/b12-7+. The minimum Gasteiger partial charge on any atom is -0.259 e. The molecule has 0 N–H and O–H groups in total. The van der Waals surface area contributed by atoms with Crippen molar-refractivity contribution in [1.29, 1.82) is 0 Å². The lowest BCUT2D eigenvalue weighted by Gasteiger charge is -2.04. The van der Waals surface area contributed by atoms with Gasteiger partial charge in [0.1, 0.15) is 0 Å². The second kappa shape index (κ2) is 5.80. The molecule has 0 amide bonds. The molecule has 0 fully saturated rings. The molecule has 0 saturated carbocycles. The van der Waals surface area contributed by atoms with Crippen LogP contribution in [0.4, 0.5) is 0 Å². The van der Waals surface area contributed by atoms with Crippen LogP contribution in [-0.2, 0) is 0 Å². The molecule has 0 aromatic heterocycles. The zero-order valence-electron chi connectivity index (χ0n) is 9.31. The van der Waals surface area contributed by atoms with Gasteiger partial charge in [-0.1, -0.05) is 54.0 Å². The second-order valence-corrected chi connectivity index (χ2v) is 4.41. The Morgan fingerprint density at radius 2 is 2.00 bits per heavy atom. The van der Waals surface area contributed by atoms with Crippen LogP contribution in [0.25, 0.3) is 6.08 Å². The van der Waals surface area contributed by atoms with E-state index < -0.39 is 0 Å². The van der Waals surface area contributed by atoms with E-state index in [4.69, 9.17) is 0 Å². The molecule has 0 aliphatic rings. The molecule has 0 saturated heterocycles. The lowest BCUT2D eigenvalue weighted by atomic mass is 10.0. The maximum Gasteiger partial charge on any atom is 0.257 e. The Kier molecular flexibility index (Phi) is 4.68. The summed E-state index contributed by atoms with van der Waals surface area (Å²) in [5.41, 5.74) is 2.26. The maximum atomic E-state index is 10.6. The highest BCUT2D eigenvalue weighted by Gasteiger charge is 2.08. The van der Waals surface area contributed by atoms with E-state index in [1.54, 1.807) is 6.08 Å². The molecule has 0 radical (unpaired) electrons. The van der Waals surface area contributed by atoms with Crippen LogP contribution in [0.5, 0.6) is 0 Å². The molecule has 0 spiro atoms. The van der Waals surface area contributed by atoms with Gasteiger partial charge in [0, 0.05) is 6.08 Å². The zero-order chi connectivity index (χ0) is 12.1. The molecular formula is C12H14BrNO2. The number of allylic oxidation sites excluding steroid dienone is 1. The van der Waals surface area contributed by atoms with Gasteiger partial charge in [-0.25, -0.2) is 0 Å². The van der Waals surface area contributed by atoms with Gasteiger partial charge >= 0.3 is 0 Å². The lowest BCUT2D eigenvalue weighted by Crippen LogP contribution is -1.99. The largest absolute Gasteiger partial charge is 0.259 e. The van der Waals surface area contributed by atoms with Crippen molar-refractivity contribution in [3.8, 4) is 0 Å². The first kappa shape index (κ1) is 12.9. The van der Waals surface area contributed by atoms with Gasteiger partial charge in [-0.2, -0.15) is 0 Å². The molecule has 16 heavy (non-hydrogen) atoms. The van der Waals surface area contributed by atoms with Gasteiger partial charge in [-0.15, -0.1) is 0 Å². The fourth-order valence-electron chi connectivity index (χ4n) is 1.31. The number of hydrogen-bond donors (Lipinski definition) is 0. The third-order valence-electron chi connectivity index (χ3n) is 2.31. The van der Waals surface area contributed by atoms with Gasteiger partial charge < -0.3 is 0 Å². The van der Waals surface area contributed by atoms with Crippen molar-refractivity contribution in [3.05, 3.63) is 51.2 Å². The second-order valence-electron chi connectivity index (χ2n) is 3.85. The van der Waals surface area contributed by atoms with Crippen LogP contribution in [0.3, 0.4) is 0 Å². The summed E-state index contributed by atoms with van der Waals surface area (Å²) < 4.78 is 0. The van der Waals surface area contributed by atoms with Crippen LogP contribution >= 0.6 is 15.9 Å². The number of benzene rings is 1. The minimum atomic E-state index is -0.370. The summed E-state index contributed by atoms with van der Waals surface area (Å²) in [5.74, 6) is 0.476. The Balaban J connectivity index is 2.94. The third-order valence-corrected chi connectivity index (χ3v) is 2.88. The van der Waals surface area contributed by atoms with Gasteiger partial charge in [-0.05, 0) is 17.0 Å². The average Bonchev–Trinajstić information content (AvgIpc) is 2.26. The molecule has 0 aliphatic carbocycles. The molecule has 4 heteroatoms. The van der Waals surface area contributed by atoms with Crippen LogP contribution < -0.4 is 0 Å². The number of rotatable bonds is 4. The SMILES string of the molecule is CC(C)c1ccc(/C=C(\CBr)[N+](=O)[O-])cc1. The Morgan fingerprint density at radius 1 is 1.44 bits per heavy atom. The van der Waals surface area contributed by atoms with E-state index in [0.29, 0.717) is 5.92 Å². The van der Waals surface area contributed by atoms with E-state index in [1.807, 2.05) is 24.3 Å². The average molecular weight is 284 g/mol. The molecule has 1 rings (SSSR count). The van der Waals surface area contributed by atoms with Crippen molar-refractivity contribution in [2.75, 3.05) is 5.33 Å². The van der Waals surface area contributed by atoms with Crippen molar-refractivity contribution < 1.29 is 4.92 Å². The summed E-state index contributed by atoms with van der Waals surface area (Å²) >= 11 is 3.10. The molecule has 0 atom stereocenters. The van der Waals surface area contributed by atoms with E-state index in [9.17, 15) is 10.1 Å². The highest BCUT2D eigenvalue weighted by atomic mass is 79.9. The Hall–Kier alpha value is -1.16. The Morgan fingerprint density at radius 3 is 2.38 bits per heavy atom. The first-order chi connectivity index (χ1) is 7.54. The van der Waals surface area contributed by atoms with Crippen molar-refractivity contribution >= 4 is 22.0 Å². The van der Waals surface area contributed by atoms with Gasteiger partial charge in [0.05, 0.1) is 10.3 Å². The first-order valence-electron chi connectivity index (χ1n) is 5.05. The number of hydrogen-bond acceptors (Lipinski definition) is 2. The predicted octanol–water partition coefficient (Wildman–Crippen LogP) is 3.82. The molecular weight excluding hydrogens is 270 g/mol. The van der Waals surface area contributed by atoms with Crippen LogP contribution in [0.15, 0.2) is 30.0 Å². The van der Waals surface area contributed by atoms with Crippen molar-refractivity contribution in [2.45, 2.75) is 19.8 Å². The Labute approximate surface area is 103 Å². The summed E-state index contributed by atoms with van der Waals surface area (Å²) in [7, 11) is 0. The molecule has 1 aromatic rings. The highest BCUT2D eigenvalue weighted by molar-refractivity contribution is 9.09. The number of halogens is 1. The van der Waals surface area contributed by atoms with E-state index in [-0.39, 0.29) is 16.0 Å². The predicted molar refractivity (Wildman–Crippen MR) is 69.3 cm³/mol. The van der Waals surface area contributed by atoms with E-state index in [0.717, 1.165) is 5.56 Å².